The van der Waals surface area contributed by atoms with E-state index in [4.69, 9.17) is 16.3 Å². The van der Waals surface area contributed by atoms with E-state index in [9.17, 15) is 18.0 Å². The van der Waals surface area contributed by atoms with Crippen LogP contribution in [0.2, 0.25) is 5.02 Å². The number of hydrogen-bond acceptors (Lipinski definition) is 5. The molecule has 47 heavy (non-hydrogen) atoms. The van der Waals surface area contributed by atoms with Gasteiger partial charge in [-0.25, -0.2) is 8.42 Å². The van der Waals surface area contributed by atoms with E-state index in [0.717, 1.165) is 21.0 Å². The number of carbonyl (C=O) groups excluding carboxylic acids is 2. The molecular formula is C37H42ClN3O5S. The highest BCUT2D eigenvalue weighted by atomic mass is 35.5. The van der Waals surface area contributed by atoms with Gasteiger partial charge in [-0.1, -0.05) is 85.6 Å². The Bertz CT molecular complexity index is 1780. The number of carbonyl (C=O) groups is 2. The summed E-state index contributed by atoms with van der Waals surface area (Å²) in [5.74, 6) is -0.0890. The fraction of sp³-hybridized carbons (Fsp3) is 0.297. The number of hydrogen-bond donors (Lipinski definition) is 1. The van der Waals surface area contributed by atoms with Gasteiger partial charge >= 0.3 is 0 Å². The SMILES string of the molecule is COc1cccc(CN(C(=O)CN(c2ccc(Cl)cc2C)S(=O)(=O)c2ccc(C)cc2)C(Cc2ccccc2)C(=O)NCC(C)C)c1. The van der Waals surface area contributed by atoms with Crippen LogP contribution in [0.15, 0.2) is 102 Å². The van der Waals surface area contributed by atoms with Crippen molar-refractivity contribution in [2.24, 2.45) is 5.92 Å². The minimum absolute atomic E-state index is 0.0418. The molecule has 2 amide bonds. The van der Waals surface area contributed by atoms with Crippen molar-refractivity contribution in [3.8, 4) is 5.75 Å². The molecule has 0 aromatic heterocycles. The zero-order valence-electron chi connectivity index (χ0n) is 27.4. The lowest BCUT2D eigenvalue weighted by Gasteiger charge is -2.34. The Labute approximate surface area is 283 Å². The van der Waals surface area contributed by atoms with E-state index in [1.54, 1.807) is 56.5 Å². The topological polar surface area (TPSA) is 96.0 Å². The number of rotatable bonds is 14. The van der Waals surface area contributed by atoms with Crippen LogP contribution in [0.4, 0.5) is 5.69 Å². The molecule has 0 fully saturated rings. The Morgan fingerprint density at radius 3 is 2.19 bits per heavy atom. The molecule has 4 rings (SSSR count). The van der Waals surface area contributed by atoms with E-state index in [2.05, 4.69) is 5.32 Å². The van der Waals surface area contributed by atoms with Crippen molar-refractivity contribution in [3.63, 3.8) is 0 Å². The first-order valence-electron chi connectivity index (χ1n) is 15.5. The summed E-state index contributed by atoms with van der Waals surface area (Å²) >= 11 is 6.25. The van der Waals surface area contributed by atoms with Crippen LogP contribution in [0.1, 0.15) is 36.1 Å². The second-order valence-electron chi connectivity index (χ2n) is 12.0. The van der Waals surface area contributed by atoms with Crippen molar-refractivity contribution in [1.82, 2.24) is 10.2 Å². The highest BCUT2D eigenvalue weighted by Crippen LogP contribution is 2.30. The summed E-state index contributed by atoms with van der Waals surface area (Å²) in [4.78, 5) is 30.1. The molecule has 0 heterocycles. The fourth-order valence-corrected chi connectivity index (χ4v) is 6.90. The van der Waals surface area contributed by atoms with Crippen LogP contribution in [0, 0.1) is 19.8 Å². The molecule has 0 radical (unpaired) electrons. The largest absolute Gasteiger partial charge is 0.497 e. The first kappa shape index (κ1) is 35.5. The lowest BCUT2D eigenvalue weighted by molar-refractivity contribution is -0.140. The fourth-order valence-electron chi connectivity index (χ4n) is 5.19. The molecule has 4 aromatic carbocycles. The maximum absolute atomic E-state index is 14.7. The quantitative estimate of drug-likeness (QED) is 0.163. The average Bonchev–Trinajstić information content (AvgIpc) is 3.05. The molecule has 0 aliphatic carbocycles. The maximum atomic E-state index is 14.7. The van der Waals surface area contributed by atoms with Gasteiger partial charge in [0.2, 0.25) is 11.8 Å². The summed E-state index contributed by atoms with van der Waals surface area (Å²) in [7, 11) is -2.67. The average molecular weight is 676 g/mol. The molecule has 4 aromatic rings. The van der Waals surface area contributed by atoms with Gasteiger partial charge in [-0.05, 0) is 78.9 Å². The number of aryl methyl sites for hydroxylation is 2. The number of methoxy groups -OCH3 is 1. The smallest absolute Gasteiger partial charge is 0.264 e. The Kier molecular flexibility index (Phi) is 12.1. The Morgan fingerprint density at radius 1 is 0.872 bits per heavy atom. The van der Waals surface area contributed by atoms with Crippen molar-refractivity contribution >= 4 is 39.1 Å². The summed E-state index contributed by atoms with van der Waals surface area (Å²) in [5, 5.41) is 3.44. The zero-order valence-corrected chi connectivity index (χ0v) is 29.0. The van der Waals surface area contributed by atoms with Crippen molar-refractivity contribution in [2.45, 2.75) is 51.6 Å². The molecule has 8 nitrogen and oxygen atoms in total. The van der Waals surface area contributed by atoms with Gasteiger partial charge < -0.3 is 15.0 Å². The normalized spacial score (nSPS) is 12.0. The summed E-state index contributed by atoms with van der Waals surface area (Å²) in [6, 6.07) is 27.1. The molecule has 0 saturated carbocycles. The second kappa shape index (κ2) is 16.0. The minimum atomic E-state index is -4.22. The highest BCUT2D eigenvalue weighted by molar-refractivity contribution is 7.92. The minimum Gasteiger partial charge on any atom is -0.497 e. The van der Waals surface area contributed by atoms with Crippen LogP contribution in [0.25, 0.3) is 0 Å². The van der Waals surface area contributed by atoms with Crippen LogP contribution in [0.3, 0.4) is 0 Å². The van der Waals surface area contributed by atoms with Crippen molar-refractivity contribution in [1.29, 1.82) is 0 Å². The molecule has 0 saturated heterocycles. The molecule has 0 bridgehead atoms. The van der Waals surface area contributed by atoms with Gasteiger partial charge in [-0.2, -0.15) is 0 Å². The van der Waals surface area contributed by atoms with E-state index >= 15 is 0 Å². The van der Waals surface area contributed by atoms with Crippen molar-refractivity contribution in [3.05, 3.63) is 124 Å². The van der Waals surface area contributed by atoms with E-state index in [-0.39, 0.29) is 29.7 Å². The lowest BCUT2D eigenvalue weighted by atomic mass is 10.0. The molecule has 248 valence electrons. The summed E-state index contributed by atoms with van der Waals surface area (Å²) in [6.07, 6.45) is 0.227. The summed E-state index contributed by atoms with van der Waals surface area (Å²) in [5.41, 5.74) is 3.38. The van der Waals surface area contributed by atoms with Gasteiger partial charge in [0.15, 0.2) is 0 Å². The lowest BCUT2D eigenvalue weighted by Crippen LogP contribution is -2.53. The number of anilines is 1. The number of sulfonamides is 1. The molecule has 0 spiro atoms. The van der Waals surface area contributed by atoms with Crippen LogP contribution >= 0.6 is 11.6 Å². The van der Waals surface area contributed by atoms with Crippen molar-refractivity contribution < 1.29 is 22.7 Å². The van der Waals surface area contributed by atoms with Crippen LogP contribution in [-0.4, -0.2) is 51.4 Å². The van der Waals surface area contributed by atoms with Gasteiger partial charge in [0, 0.05) is 24.5 Å². The third-order valence-electron chi connectivity index (χ3n) is 7.76. The van der Waals surface area contributed by atoms with Crippen LogP contribution in [-0.2, 0) is 32.6 Å². The van der Waals surface area contributed by atoms with Crippen LogP contribution in [0.5, 0.6) is 5.75 Å². The highest BCUT2D eigenvalue weighted by Gasteiger charge is 2.35. The summed E-state index contributed by atoms with van der Waals surface area (Å²) in [6.45, 7) is 7.51. The Hall–Kier alpha value is -4.34. The third kappa shape index (κ3) is 9.36. The summed E-state index contributed by atoms with van der Waals surface area (Å²) < 4.78 is 35.1. The number of nitrogens with one attached hydrogen (secondary N) is 1. The van der Waals surface area contributed by atoms with Gasteiger partial charge in [0.05, 0.1) is 17.7 Å². The standard InChI is InChI=1S/C37H42ClN3O5S/c1-26(2)23-39-37(43)35(22-29-10-7-6-8-11-29)40(24-30-12-9-13-32(21-30)46-5)36(42)25-41(34-19-16-31(38)20-28(34)4)47(44,45)33-17-14-27(3)15-18-33/h6-21,26,35H,22-25H2,1-5H3,(H,39,43). The number of nitrogens with zero attached hydrogens (tertiary/aromatic N) is 2. The molecule has 1 N–H and O–H groups in total. The van der Waals surface area contributed by atoms with Crippen LogP contribution < -0.4 is 14.4 Å². The third-order valence-corrected chi connectivity index (χ3v) is 9.77. The number of amides is 2. The van der Waals surface area contributed by atoms with Gasteiger partial charge in [0.25, 0.3) is 10.0 Å². The predicted octanol–water partition coefficient (Wildman–Crippen LogP) is 6.57. The number of ether oxygens (including phenoxy) is 1. The first-order chi connectivity index (χ1) is 22.4. The molecule has 0 aliphatic heterocycles. The second-order valence-corrected chi connectivity index (χ2v) is 14.3. The molecule has 0 aliphatic rings. The van der Waals surface area contributed by atoms with Gasteiger partial charge in [-0.15, -0.1) is 0 Å². The Balaban J connectivity index is 1.83. The maximum Gasteiger partial charge on any atom is 0.264 e. The number of halogens is 1. The van der Waals surface area contributed by atoms with E-state index in [1.165, 1.54) is 17.0 Å². The predicted molar refractivity (Wildman–Crippen MR) is 187 cm³/mol. The first-order valence-corrected chi connectivity index (χ1v) is 17.3. The molecular weight excluding hydrogens is 634 g/mol. The monoisotopic (exact) mass is 675 g/mol. The number of benzene rings is 4. The zero-order chi connectivity index (χ0) is 34.1. The van der Waals surface area contributed by atoms with Crippen molar-refractivity contribution in [2.75, 3.05) is 24.5 Å². The Morgan fingerprint density at radius 2 is 1.55 bits per heavy atom. The van der Waals surface area contributed by atoms with E-state index < -0.39 is 28.5 Å². The molecule has 10 heteroatoms. The molecule has 1 atom stereocenters. The van der Waals surface area contributed by atoms with E-state index in [1.807, 2.05) is 63.2 Å². The van der Waals surface area contributed by atoms with E-state index in [0.29, 0.717) is 28.6 Å². The van der Waals surface area contributed by atoms with Gasteiger partial charge in [0.1, 0.15) is 18.3 Å². The van der Waals surface area contributed by atoms with Gasteiger partial charge in [-0.3, -0.25) is 13.9 Å². The molecule has 1 unspecified atom stereocenters.